The minimum Gasteiger partial charge on any atom is -0.466 e. The molecule has 3 rings (SSSR count). The predicted octanol–water partition coefficient (Wildman–Crippen LogP) is 3.74. The van der Waals surface area contributed by atoms with E-state index in [-0.39, 0.29) is 5.82 Å². The Morgan fingerprint density at radius 3 is 2.20 bits per heavy atom. The van der Waals surface area contributed by atoms with Gasteiger partial charge in [0.15, 0.2) is 0 Å². The Balaban J connectivity index is 1.87. The van der Waals surface area contributed by atoms with E-state index in [1.54, 1.807) is 6.07 Å². The van der Waals surface area contributed by atoms with E-state index in [9.17, 15) is 14.0 Å². The summed E-state index contributed by atoms with van der Waals surface area (Å²) in [6.07, 6.45) is 4.12. The highest BCUT2D eigenvalue weighted by Gasteiger charge is 2.31. The second-order valence-corrected chi connectivity index (χ2v) is 6.12. The van der Waals surface area contributed by atoms with Crippen LogP contribution in [0.25, 0.3) is 5.57 Å². The van der Waals surface area contributed by atoms with Crippen molar-refractivity contribution in [1.82, 2.24) is 0 Å². The lowest BCUT2D eigenvalue weighted by molar-refractivity contribution is -0.139. The van der Waals surface area contributed by atoms with Crippen molar-refractivity contribution < 1.29 is 23.5 Å². The molecule has 2 aliphatic rings. The molecule has 0 saturated carbocycles. The van der Waals surface area contributed by atoms with Gasteiger partial charge in [-0.15, -0.1) is 0 Å². The molecule has 0 fully saturated rings. The van der Waals surface area contributed by atoms with Crippen LogP contribution in [0.4, 0.5) is 4.39 Å². The number of allylic oxidation sites excluding steroid dienone is 4. The number of ether oxygens (including phenoxy) is 2. The molecule has 0 spiro atoms. The molecule has 0 radical (unpaired) electrons. The second-order valence-electron chi connectivity index (χ2n) is 6.12. The first-order chi connectivity index (χ1) is 12.0. The minimum atomic E-state index is -0.506. The smallest absolute Gasteiger partial charge is 0.334 e. The van der Waals surface area contributed by atoms with Crippen LogP contribution >= 0.6 is 0 Å². The molecule has 0 bridgehead atoms. The van der Waals surface area contributed by atoms with Crippen molar-refractivity contribution in [2.24, 2.45) is 0 Å². The van der Waals surface area contributed by atoms with Crippen LogP contribution in [0.5, 0.6) is 0 Å². The van der Waals surface area contributed by atoms with E-state index >= 15 is 0 Å². The van der Waals surface area contributed by atoms with Crippen LogP contribution in [0, 0.1) is 5.82 Å². The van der Waals surface area contributed by atoms with Crippen molar-refractivity contribution >= 4 is 17.5 Å². The van der Waals surface area contributed by atoms with E-state index in [2.05, 4.69) is 6.08 Å². The molecule has 0 aliphatic heterocycles. The van der Waals surface area contributed by atoms with E-state index in [0.717, 1.165) is 22.3 Å². The zero-order valence-electron chi connectivity index (χ0n) is 14.2. The van der Waals surface area contributed by atoms with Gasteiger partial charge < -0.3 is 9.47 Å². The average Bonchev–Trinajstić information content (AvgIpc) is 2.65. The molecule has 2 aliphatic carbocycles. The number of carbonyl (C=O) groups excluding carboxylic acids is 2. The Kier molecular flexibility index (Phi) is 4.83. The van der Waals surface area contributed by atoms with Gasteiger partial charge in [-0.3, -0.25) is 0 Å². The van der Waals surface area contributed by atoms with Crippen LogP contribution in [0.3, 0.4) is 0 Å². The molecule has 5 heteroatoms. The molecule has 0 atom stereocenters. The van der Waals surface area contributed by atoms with Crippen molar-refractivity contribution in [1.29, 1.82) is 0 Å². The Bertz CT molecular complexity index is 830. The molecule has 1 aromatic carbocycles. The lowest BCUT2D eigenvalue weighted by atomic mass is 9.78. The molecule has 25 heavy (non-hydrogen) atoms. The van der Waals surface area contributed by atoms with Crippen LogP contribution in [-0.4, -0.2) is 26.2 Å². The fraction of sp³-hybridized carbons (Fsp3) is 0.300. The van der Waals surface area contributed by atoms with Crippen LogP contribution in [-0.2, 0) is 19.1 Å². The average molecular weight is 342 g/mol. The third kappa shape index (κ3) is 3.40. The lowest BCUT2D eigenvalue weighted by Gasteiger charge is -2.27. The van der Waals surface area contributed by atoms with E-state index < -0.39 is 11.9 Å². The van der Waals surface area contributed by atoms with E-state index in [0.29, 0.717) is 36.8 Å². The molecule has 130 valence electrons. The first kappa shape index (κ1) is 17.1. The molecule has 0 N–H and O–H groups in total. The number of methoxy groups -OCH3 is 2. The predicted molar refractivity (Wildman–Crippen MR) is 90.9 cm³/mol. The quantitative estimate of drug-likeness (QED) is 0.620. The standard InChI is InChI=1S/C20H19FO4/c1-24-19(22)17-10-14-7-6-13(12-4-3-5-16(21)9-12)8-15(14)11-18(17)20(23)25-2/h3-6,9H,7-8,10-11H2,1-2H3. The van der Waals surface area contributed by atoms with Crippen LogP contribution in [0.1, 0.15) is 31.2 Å². The fourth-order valence-electron chi connectivity index (χ4n) is 3.39. The zero-order valence-corrected chi connectivity index (χ0v) is 14.2. The van der Waals surface area contributed by atoms with Gasteiger partial charge in [-0.25, -0.2) is 14.0 Å². The summed E-state index contributed by atoms with van der Waals surface area (Å²) in [5, 5.41) is 0. The number of hydrogen-bond acceptors (Lipinski definition) is 4. The second kappa shape index (κ2) is 7.05. The Labute approximate surface area is 145 Å². The number of carbonyl (C=O) groups is 2. The zero-order chi connectivity index (χ0) is 18.0. The summed E-state index contributed by atoms with van der Waals surface area (Å²) in [4.78, 5) is 24.1. The molecule has 0 amide bonds. The largest absolute Gasteiger partial charge is 0.466 e. The summed E-state index contributed by atoms with van der Waals surface area (Å²) >= 11 is 0. The highest BCUT2D eigenvalue weighted by atomic mass is 19.1. The molecule has 1 aromatic rings. The van der Waals surface area contributed by atoms with Crippen LogP contribution < -0.4 is 0 Å². The van der Waals surface area contributed by atoms with Gasteiger partial charge in [0.1, 0.15) is 5.82 Å². The molecule has 0 aromatic heterocycles. The van der Waals surface area contributed by atoms with Crippen molar-refractivity contribution in [2.45, 2.75) is 25.7 Å². The highest BCUT2D eigenvalue weighted by Crippen LogP contribution is 2.41. The van der Waals surface area contributed by atoms with Crippen molar-refractivity contribution in [2.75, 3.05) is 14.2 Å². The number of benzene rings is 1. The number of halogens is 1. The van der Waals surface area contributed by atoms with Gasteiger partial charge >= 0.3 is 11.9 Å². The van der Waals surface area contributed by atoms with E-state index in [1.165, 1.54) is 26.4 Å². The first-order valence-electron chi connectivity index (χ1n) is 8.07. The summed E-state index contributed by atoms with van der Waals surface area (Å²) in [6, 6.07) is 6.49. The Morgan fingerprint density at radius 2 is 1.60 bits per heavy atom. The van der Waals surface area contributed by atoms with Gasteiger partial charge in [0.25, 0.3) is 0 Å². The topological polar surface area (TPSA) is 52.6 Å². The van der Waals surface area contributed by atoms with Gasteiger partial charge in [-0.1, -0.05) is 29.4 Å². The molecule has 4 nitrogen and oxygen atoms in total. The lowest BCUT2D eigenvalue weighted by Crippen LogP contribution is -2.20. The fourth-order valence-corrected chi connectivity index (χ4v) is 3.39. The summed E-state index contributed by atoms with van der Waals surface area (Å²) in [7, 11) is 2.60. The number of rotatable bonds is 3. The highest BCUT2D eigenvalue weighted by molar-refractivity contribution is 6.01. The summed E-state index contributed by atoms with van der Waals surface area (Å²) in [6.45, 7) is 0. The summed E-state index contributed by atoms with van der Waals surface area (Å²) in [5.41, 5.74) is 4.81. The van der Waals surface area contributed by atoms with Crippen LogP contribution in [0.15, 0.2) is 52.6 Å². The van der Waals surface area contributed by atoms with Crippen molar-refractivity contribution in [3.05, 3.63) is 64.0 Å². The Morgan fingerprint density at radius 1 is 0.960 bits per heavy atom. The van der Waals surface area contributed by atoms with Crippen molar-refractivity contribution in [3.8, 4) is 0 Å². The number of hydrogen-bond donors (Lipinski definition) is 0. The van der Waals surface area contributed by atoms with Gasteiger partial charge in [0.05, 0.1) is 25.4 Å². The van der Waals surface area contributed by atoms with Gasteiger partial charge in [-0.05, 0) is 36.1 Å². The maximum Gasteiger partial charge on any atom is 0.334 e. The minimum absolute atomic E-state index is 0.273. The third-order valence-corrected chi connectivity index (χ3v) is 4.70. The monoisotopic (exact) mass is 342 g/mol. The normalized spacial score (nSPS) is 17.0. The van der Waals surface area contributed by atoms with Gasteiger partial charge in [0.2, 0.25) is 0 Å². The summed E-state index contributed by atoms with van der Waals surface area (Å²) in [5.74, 6) is -1.27. The molecule has 0 saturated heterocycles. The molecular weight excluding hydrogens is 323 g/mol. The molecule has 0 heterocycles. The van der Waals surface area contributed by atoms with E-state index in [1.807, 2.05) is 6.07 Å². The maximum atomic E-state index is 13.5. The van der Waals surface area contributed by atoms with Crippen molar-refractivity contribution in [3.63, 3.8) is 0 Å². The third-order valence-electron chi connectivity index (χ3n) is 4.70. The van der Waals surface area contributed by atoms with Crippen LogP contribution in [0.2, 0.25) is 0 Å². The van der Waals surface area contributed by atoms with E-state index in [4.69, 9.17) is 9.47 Å². The molecular formula is C20H19FO4. The summed E-state index contributed by atoms with van der Waals surface area (Å²) < 4.78 is 23.1. The number of esters is 2. The van der Waals surface area contributed by atoms with Gasteiger partial charge in [0, 0.05) is 12.8 Å². The first-order valence-corrected chi connectivity index (χ1v) is 8.07. The maximum absolute atomic E-state index is 13.5. The Hall–Kier alpha value is -2.69. The SMILES string of the molecule is COC(=O)C1=C(C(=O)OC)CC2=C(CC=C(c3cccc(F)c3)C2)C1. The molecule has 0 unspecified atom stereocenters. The van der Waals surface area contributed by atoms with Gasteiger partial charge in [-0.2, -0.15) is 0 Å².